The standard InChI is InChI=1S/C23H28N4OS/c28-22(24-14-6-9-18-7-2-1-3-8-18)25-17-19-12-15-27(16-13-19)23-26-20-10-4-5-11-21(20)29-23/h1-5,7-8,10-11,19H,6,9,12-17H2,(H2,24,25,28). The first-order valence-corrected chi connectivity index (χ1v) is 11.3. The molecule has 152 valence electrons. The van der Waals surface area contributed by atoms with Gasteiger partial charge in [-0.25, -0.2) is 9.78 Å². The molecule has 2 aromatic carbocycles. The van der Waals surface area contributed by atoms with Gasteiger partial charge >= 0.3 is 6.03 Å². The molecule has 0 unspecified atom stereocenters. The lowest BCUT2D eigenvalue weighted by molar-refractivity contribution is 0.237. The first-order chi connectivity index (χ1) is 14.3. The second-order valence-electron chi connectivity index (χ2n) is 7.62. The maximum Gasteiger partial charge on any atom is 0.314 e. The number of amides is 2. The predicted molar refractivity (Wildman–Crippen MR) is 121 cm³/mol. The van der Waals surface area contributed by atoms with Crippen LogP contribution in [-0.4, -0.2) is 37.2 Å². The Morgan fingerprint density at radius 2 is 1.79 bits per heavy atom. The smallest absolute Gasteiger partial charge is 0.314 e. The van der Waals surface area contributed by atoms with Gasteiger partial charge in [0.2, 0.25) is 0 Å². The van der Waals surface area contributed by atoms with Crippen molar-refractivity contribution >= 4 is 32.7 Å². The highest BCUT2D eigenvalue weighted by Crippen LogP contribution is 2.31. The second-order valence-corrected chi connectivity index (χ2v) is 8.63. The van der Waals surface area contributed by atoms with Crippen molar-refractivity contribution in [2.45, 2.75) is 25.7 Å². The number of rotatable bonds is 7. The van der Waals surface area contributed by atoms with Crippen molar-refractivity contribution in [3.05, 3.63) is 60.2 Å². The zero-order chi connectivity index (χ0) is 19.9. The molecule has 1 aliphatic heterocycles. The zero-order valence-electron chi connectivity index (χ0n) is 16.6. The molecule has 29 heavy (non-hydrogen) atoms. The molecule has 2 amide bonds. The van der Waals surface area contributed by atoms with E-state index in [1.807, 2.05) is 12.1 Å². The minimum atomic E-state index is -0.0494. The summed E-state index contributed by atoms with van der Waals surface area (Å²) in [6.45, 7) is 3.46. The summed E-state index contributed by atoms with van der Waals surface area (Å²) in [5.74, 6) is 0.538. The molecular formula is C23H28N4OS. The van der Waals surface area contributed by atoms with Crippen molar-refractivity contribution in [2.24, 2.45) is 5.92 Å². The van der Waals surface area contributed by atoms with Gasteiger partial charge in [0.05, 0.1) is 10.2 Å². The molecule has 0 atom stereocenters. The monoisotopic (exact) mass is 408 g/mol. The predicted octanol–water partition coefficient (Wildman–Crippen LogP) is 4.44. The lowest BCUT2D eigenvalue weighted by Gasteiger charge is -2.31. The molecule has 1 aliphatic rings. The van der Waals surface area contributed by atoms with E-state index in [0.29, 0.717) is 12.5 Å². The summed E-state index contributed by atoms with van der Waals surface area (Å²) >= 11 is 1.77. The molecular weight excluding hydrogens is 380 g/mol. The lowest BCUT2D eigenvalue weighted by atomic mass is 9.97. The van der Waals surface area contributed by atoms with Gasteiger partial charge in [-0.3, -0.25) is 0 Å². The Bertz CT molecular complexity index is 886. The average Bonchev–Trinajstić information content (AvgIpc) is 3.21. The number of thiazole rings is 1. The van der Waals surface area contributed by atoms with Gasteiger partial charge in [-0.2, -0.15) is 0 Å². The van der Waals surface area contributed by atoms with E-state index in [2.05, 4.69) is 58.0 Å². The molecule has 0 saturated carbocycles. The summed E-state index contributed by atoms with van der Waals surface area (Å²) in [5.41, 5.74) is 2.40. The minimum Gasteiger partial charge on any atom is -0.348 e. The molecule has 2 heterocycles. The Hall–Kier alpha value is -2.60. The van der Waals surface area contributed by atoms with Crippen LogP contribution in [0.15, 0.2) is 54.6 Å². The van der Waals surface area contributed by atoms with E-state index >= 15 is 0 Å². The van der Waals surface area contributed by atoms with Crippen molar-refractivity contribution in [3.8, 4) is 0 Å². The first kappa shape index (κ1) is 19.7. The molecule has 0 radical (unpaired) electrons. The van der Waals surface area contributed by atoms with Gasteiger partial charge in [-0.15, -0.1) is 0 Å². The SMILES string of the molecule is O=C(NCCCc1ccccc1)NCC1CCN(c2nc3ccccc3s2)CC1. The fraction of sp³-hybridized carbons (Fsp3) is 0.391. The van der Waals surface area contributed by atoms with Crippen LogP contribution in [0.5, 0.6) is 0 Å². The number of nitrogens with one attached hydrogen (secondary N) is 2. The van der Waals surface area contributed by atoms with Crippen LogP contribution in [0.3, 0.4) is 0 Å². The van der Waals surface area contributed by atoms with Crippen LogP contribution in [0, 0.1) is 5.92 Å². The summed E-state index contributed by atoms with van der Waals surface area (Å²) < 4.78 is 1.25. The molecule has 6 heteroatoms. The number of carbonyl (C=O) groups excluding carboxylic acids is 1. The van der Waals surface area contributed by atoms with E-state index in [1.165, 1.54) is 10.3 Å². The van der Waals surface area contributed by atoms with Crippen molar-refractivity contribution in [1.29, 1.82) is 0 Å². The third-order valence-electron chi connectivity index (χ3n) is 5.49. The highest BCUT2D eigenvalue weighted by atomic mass is 32.1. The number of para-hydroxylation sites is 1. The summed E-state index contributed by atoms with van der Waals surface area (Å²) in [6.07, 6.45) is 4.12. The first-order valence-electron chi connectivity index (χ1n) is 10.4. The molecule has 1 saturated heterocycles. The molecule has 5 nitrogen and oxygen atoms in total. The maximum atomic E-state index is 12.0. The summed E-state index contributed by atoms with van der Waals surface area (Å²) in [6, 6.07) is 18.6. The number of carbonyl (C=O) groups is 1. The van der Waals surface area contributed by atoms with Gasteiger partial charge in [-0.05, 0) is 49.3 Å². The topological polar surface area (TPSA) is 57.3 Å². The normalized spacial score (nSPS) is 14.8. The number of hydrogen-bond acceptors (Lipinski definition) is 4. The highest BCUT2D eigenvalue weighted by Gasteiger charge is 2.22. The summed E-state index contributed by atoms with van der Waals surface area (Å²) in [7, 11) is 0. The van der Waals surface area contributed by atoms with Crippen LogP contribution in [0.4, 0.5) is 9.93 Å². The van der Waals surface area contributed by atoms with Gasteiger partial charge in [0.1, 0.15) is 0 Å². The number of benzene rings is 2. The molecule has 2 N–H and O–H groups in total. The molecule has 3 aromatic rings. The van der Waals surface area contributed by atoms with E-state index < -0.39 is 0 Å². The number of hydrogen-bond donors (Lipinski definition) is 2. The lowest BCUT2D eigenvalue weighted by Crippen LogP contribution is -2.42. The molecule has 1 fully saturated rings. The number of urea groups is 1. The van der Waals surface area contributed by atoms with Gasteiger partial charge in [0, 0.05) is 26.2 Å². The quantitative estimate of drug-likeness (QED) is 0.568. The fourth-order valence-corrected chi connectivity index (χ4v) is 4.78. The van der Waals surface area contributed by atoms with Crippen LogP contribution in [0.2, 0.25) is 0 Å². The van der Waals surface area contributed by atoms with E-state index in [4.69, 9.17) is 4.98 Å². The fourth-order valence-electron chi connectivity index (χ4n) is 3.76. The highest BCUT2D eigenvalue weighted by molar-refractivity contribution is 7.22. The summed E-state index contributed by atoms with van der Waals surface area (Å²) in [4.78, 5) is 19.2. The number of piperidine rings is 1. The third kappa shape index (κ3) is 5.48. The Kier molecular flexibility index (Phi) is 6.62. The van der Waals surface area contributed by atoms with Gasteiger partial charge in [0.25, 0.3) is 0 Å². The number of nitrogens with zero attached hydrogens (tertiary/aromatic N) is 2. The molecule has 0 aliphatic carbocycles. The molecule has 0 spiro atoms. The Labute approximate surface area is 176 Å². The van der Waals surface area contributed by atoms with Crippen molar-refractivity contribution in [1.82, 2.24) is 15.6 Å². The van der Waals surface area contributed by atoms with Crippen LogP contribution < -0.4 is 15.5 Å². The largest absolute Gasteiger partial charge is 0.348 e. The van der Waals surface area contributed by atoms with Gasteiger partial charge in [0.15, 0.2) is 5.13 Å². The van der Waals surface area contributed by atoms with Crippen molar-refractivity contribution in [2.75, 3.05) is 31.1 Å². The number of aromatic nitrogens is 1. The Balaban J connectivity index is 1.13. The van der Waals surface area contributed by atoms with Crippen LogP contribution in [0.25, 0.3) is 10.2 Å². The minimum absolute atomic E-state index is 0.0494. The molecule has 0 bridgehead atoms. The van der Waals surface area contributed by atoms with Crippen LogP contribution in [-0.2, 0) is 6.42 Å². The van der Waals surface area contributed by atoms with Crippen molar-refractivity contribution < 1.29 is 4.79 Å². The van der Waals surface area contributed by atoms with Crippen LogP contribution >= 0.6 is 11.3 Å². The van der Waals surface area contributed by atoms with E-state index in [1.54, 1.807) is 11.3 Å². The van der Waals surface area contributed by atoms with Crippen molar-refractivity contribution in [3.63, 3.8) is 0 Å². The van der Waals surface area contributed by atoms with Crippen LogP contribution in [0.1, 0.15) is 24.8 Å². The van der Waals surface area contributed by atoms with Gasteiger partial charge < -0.3 is 15.5 Å². The maximum absolute atomic E-state index is 12.0. The Morgan fingerprint density at radius 1 is 1.03 bits per heavy atom. The molecule has 4 rings (SSSR count). The van der Waals surface area contributed by atoms with Gasteiger partial charge in [-0.1, -0.05) is 53.8 Å². The Morgan fingerprint density at radius 3 is 2.59 bits per heavy atom. The van der Waals surface area contributed by atoms with E-state index in [0.717, 1.165) is 56.0 Å². The van der Waals surface area contributed by atoms with E-state index in [-0.39, 0.29) is 6.03 Å². The number of anilines is 1. The zero-order valence-corrected chi connectivity index (χ0v) is 17.5. The third-order valence-corrected chi connectivity index (χ3v) is 6.59. The van der Waals surface area contributed by atoms with E-state index in [9.17, 15) is 4.79 Å². The molecule has 1 aromatic heterocycles. The number of aryl methyl sites for hydroxylation is 1. The number of fused-ring (bicyclic) bond motifs is 1. The average molecular weight is 409 g/mol. The second kappa shape index (κ2) is 9.74. The summed E-state index contributed by atoms with van der Waals surface area (Å²) in [5, 5.41) is 7.14.